The van der Waals surface area contributed by atoms with Crippen LogP contribution >= 0.6 is 35.6 Å². The first-order valence-electron chi connectivity index (χ1n) is 7.04. The van der Waals surface area contributed by atoms with Crippen molar-refractivity contribution >= 4 is 57.6 Å². The fourth-order valence-electron chi connectivity index (χ4n) is 2.14. The summed E-state index contributed by atoms with van der Waals surface area (Å²) in [5.41, 5.74) is 1.34. The molecular formula is C17H12ClFN2OS2. The van der Waals surface area contributed by atoms with Crippen LogP contribution in [-0.4, -0.2) is 21.8 Å². The number of amides is 1. The molecule has 1 heterocycles. The van der Waals surface area contributed by atoms with Gasteiger partial charge in [0, 0.05) is 10.7 Å². The lowest BCUT2D eigenvalue weighted by Gasteiger charge is -2.16. The molecule has 1 N–H and O–H groups in total. The summed E-state index contributed by atoms with van der Waals surface area (Å²) in [6, 6.07) is 13.3. The number of anilines is 1. The summed E-state index contributed by atoms with van der Waals surface area (Å²) in [5.74, 6) is -0.544. The van der Waals surface area contributed by atoms with Crippen LogP contribution in [0.5, 0.6) is 0 Å². The first-order valence-corrected chi connectivity index (χ1v) is 8.64. The Bertz CT molecular complexity index is 841. The van der Waals surface area contributed by atoms with E-state index in [-0.39, 0.29) is 18.4 Å². The van der Waals surface area contributed by atoms with E-state index in [1.807, 2.05) is 18.2 Å². The van der Waals surface area contributed by atoms with Gasteiger partial charge in [-0.1, -0.05) is 59.8 Å². The van der Waals surface area contributed by atoms with Crippen molar-refractivity contribution < 1.29 is 9.18 Å². The number of benzene rings is 2. The fraction of sp³-hybridized carbons (Fsp3) is 0.0588. The molecular weight excluding hydrogens is 367 g/mol. The van der Waals surface area contributed by atoms with E-state index in [0.29, 0.717) is 19.9 Å². The Kier molecular flexibility index (Phi) is 5.18. The van der Waals surface area contributed by atoms with Crippen molar-refractivity contribution in [3.63, 3.8) is 0 Å². The van der Waals surface area contributed by atoms with E-state index < -0.39 is 0 Å². The molecule has 1 aliphatic heterocycles. The van der Waals surface area contributed by atoms with Gasteiger partial charge in [0.1, 0.15) is 10.1 Å². The molecule has 0 bridgehead atoms. The van der Waals surface area contributed by atoms with Crippen LogP contribution in [0.25, 0.3) is 6.08 Å². The molecule has 24 heavy (non-hydrogen) atoms. The lowest BCUT2D eigenvalue weighted by atomic mass is 10.2. The minimum absolute atomic E-state index is 0.175. The third-order valence-corrected chi connectivity index (χ3v) is 5.05. The van der Waals surface area contributed by atoms with Crippen molar-refractivity contribution in [1.29, 1.82) is 0 Å². The van der Waals surface area contributed by atoms with E-state index in [1.165, 1.54) is 28.8 Å². The highest BCUT2D eigenvalue weighted by Crippen LogP contribution is 2.33. The van der Waals surface area contributed by atoms with Crippen LogP contribution in [0.4, 0.5) is 10.1 Å². The summed E-state index contributed by atoms with van der Waals surface area (Å²) >= 11 is 12.6. The van der Waals surface area contributed by atoms with Gasteiger partial charge in [-0.2, -0.15) is 0 Å². The number of nitrogens with one attached hydrogen (secondary N) is 1. The number of hydrogen-bond acceptors (Lipinski definition) is 4. The van der Waals surface area contributed by atoms with Crippen molar-refractivity contribution in [3.8, 4) is 0 Å². The first kappa shape index (κ1) is 17.0. The lowest BCUT2D eigenvalue weighted by Crippen LogP contribution is -2.33. The van der Waals surface area contributed by atoms with Crippen molar-refractivity contribution in [2.24, 2.45) is 0 Å². The van der Waals surface area contributed by atoms with Gasteiger partial charge in [0.2, 0.25) is 0 Å². The molecule has 122 valence electrons. The topological polar surface area (TPSA) is 32.3 Å². The van der Waals surface area contributed by atoms with Crippen LogP contribution in [0, 0.1) is 5.82 Å². The molecule has 2 aromatic carbocycles. The molecule has 7 heteroatoms. The Morgan fingerprint density at radius 2 is 2.04 bits per heavy atom. The van der Waals surface area contributed by atoms with Gasteiger partial charge >= 0.3 is 0 Å². The van der Waals surface area contributed by atoms with E-state index >= 15 is 0 Å². The number of halogens is 2. The number of nitrogens with zero attached hydrogens (tertiary/aromatic N) is 1. The molecule has 0 aliphatic carbocycles. The summed E-state index contributed by atoms with van der Waals surface area (Å²) in [7, 11) is 0. The van der Waals surface area contributed by atoms with E-state index in [9.17, 15) is 9.18 Å². The standard InChI is InChI=1S/C17H12ClFN2OS2/c18-14-7-2-1-4-11(14)8-15-16(22)21(17(23)24-15)10-20-13-6-3-5-12(19)9-13/h1-9,20H,10H2. The van der Waals surface area contributed by atoms with Gasteiger partial charge in [-0.15, -0.1) is 0 Å². The number of thioether (sulfide) groups is 1. The summed E-state index contributed by atoms with van der Waals surface area (Å²) in [6.45, 7) is 0.175. The van der Waals surface area contributed by atoms with Crippen LogP contribution in [0.3, 0.4) is 0 Å². The highest BCUT2D eigenvalue weighted by Gasteiger charge is 2.31. The zero-order valence-corrected chi connectivity index (χ0v) is 14.7. The molecule has 1 amide bonds. The molecule has 0 saturated carbocycles. The maximum absolute atomic E-state index is 13.2. The van der Waals surface area contributed by atoms with E-state index in [1.54, 1.807) is 24.3 Å². The van der Waals surface area contributed by atoms with Crippen LogP contribution < -0.4 is 5.32 Å². The zero-order valence-electron chi connectivity index (χ0n) is 12.3. The van der Waals surface area contributed by atoms with Crippen LogP contribution in [0.1, 0.15) is 5.56 Å². The minimum Gasteiger partial charge on any atom is -0.367 e. The van der Waals surface area contributed by atoms with Gasteiger partial charge in [-0.05, 0) is 35.9 Å². The predicted octanol–water partition coefficient (Wildman–Crippen LogP) is 4.75. The molecule has 0 atom stereocenters. The van der Waals surface area contributed by atoms with Crippen molar-refractivity contribution in [2.75, 3.05) is 12.0 Å². The molecule has 1 aliphatic rings. The fourth-order valence-corrected chi connectivity index (χ4v) is 3.57. The highest BCUT2D eigenvalue weighted by molar-refractivity contribution is 8.26. The third kappa shape index (κ3) is 3.77. The maximum atomic E-state index is 13.2. The molecule has 3 rings (SSSR count). The summed E-state index contributed by atoms with van der Waals surface area (Å²) < 4.78 is 13.6. The Labute approximate surface area is 153 Å². The van der Waals surface area contributed by atoms with Crippen molar-refractivity contribution in [2.45, 2.75) is 0 Å². The summed E-state index contributed by atoms with van der Waals surface area (Å²) in [5, 5.41) is 3.57. The van der Waals surface area contributed by atoms with Crippen molar-refractivity contribution in [1.82, 2.24) is 4.90 Å². The van der Waals surface area contributed by atoms with E-state index in [0.717, 1.165) is 5.56 Å². The SMILES string of the molecule is O=C1C(=Cc2ccccc2Cl)SC(=S)N1CNc1cccc(F)c1. The third-order valence-electron chi connectivity index (χ3n) is 3.33. The molecule has 0 spiro atoms. The highest BCUT2D eigenvalue weighted by atomic mass is 35.5. The van der Waals surface area contributed by atoms with Gasteiger partial charge in [-0.3, -0.25) is 9.69 Å². The number of hydrogen-bond donors (Lipinski definition) is 1. The smallest absolute Gasteiger partial charge is 0.267 e. The lowest BCUT2D eigenvalue weighted by molar-refractivity contribution is -0.121. The summed E-state index contributed by atoms with van der Waals surface area (Å²) in [6.07, 6.45) is 1.73. The number of rotatable bonds is 4. The maximum Gasteiger partial charge on any atom is 0.267 e. The Morgan fingerprint density at radius 1 is 1.25 bits per heavy atom. The number of carbonyl (C=O) groups excluding carboxylic acids is 1. The average Bonchev–Trinajstić information content (AvgIpc) is 2.82. The molecule has 1 saturated heterocycles. The molecule has 0 aromatic heterocycles. The normalized spacial score (nSPS) is 16.1. The van der Waals surface area contributed by atoms with E-state index in [4.69, 9.17) is 23.8 Å². The van der Waals surface area contributed by atoms with Gasteiger partial charge in [0.25, 0.3) is 5.91 Å². The zero-order chi connectivity index (χ0) is 17.1. The molecule has 0 radical (unpaired) electrons. The monoisotopic (exact) mass is 378 g/mol. The minimum atomic E-state index is -0.344. The van der Waals surface area contributed by atoms with E-state index in [2.05, 4.69) is 5.32 Å². The second kappa shape index (κ2) is 7.34. The Hall–Kier alpha value is -1.89. The Morgan fingerprint density at radius 3 is 2.79 bits per heavy atom. The quantitative estimate of drug-likeness (QED) is 0.614. The van der Waals surface area contributed by atoms with Crippen LogP contribution in [0.2, 0.25) is 5.02 Å². The van der Waals surface area contributed by atoms with Gasteiger partial charge in [0.15, 0.2) is 0 Å². The van der Waals surface area contributed by atoms with Gasteiger partial charge in [0.05, 0.1) is 11.6 Å². The molecule has 1 fully saturated rings. The van der Waals surface area contributed by atoms with Crippen LogP contribution in [-0.2, 0) is 4.79 Å². The van der Waals surface area contributed by atoms with Gasteiger partial charge in [-0.25, -0.2) is 4.39 Å². The largest absolute Gasteiger partial charge is 0.367 e. The average molecular weight is 379 g/mol. The number of carbonyl (C=O) groups is 1. The second-order valence-corrected chi connectivity index (χ2v) is 7.06. The second-order valence-electron chi connectivity index (χ2n) is 4.98. The number of thiocarbonyl (C=S) groups is 1. The van der Waals surface area contributed by atoms with Crippen LogP contribution in [0.15, 0.2) is 53.4 Å². The summed E-state index contributed by atoms with van der Waals surface area (Å²) in [4.78, 5) is 14.5. The molecule has 2 aromatic rings. The predicted molar refractivity (Wildman–Crippen MR) is 101 cm³/mol. The van der Waals surface area contributed by atoms with Crippen molar-refractivity contribution in [3.05, 3.63) is 69.8 Å². The first-order chi connectivity index (χ1) is 11.5. The molecule has 0 unspecified atom stereocenters. The Balaban J connectivity index is 1.73. The van der Waals surface area contributed by atoms with Gasteiger partial charge < -0.3 is 5.32 Å². The molecule has 3 nitrogen and oxygen atoms in total.